The minimum atomic E-state index is -0.723. The summed E-state index contributed by atoms with van der Waals surface area (Å²) >= 11 is 8.06. The number of carbonyl (C=O) groups excluding carboxylic acids is 1. The molecule has 2 amide bonds. The van der Waals surface area contributed by atoms with Crippen LogP contribution in [0.3, 0.4) is 0 Å². The van der Waals surface area contributed by atoms with E-state index in [1.807, 2.05) is 37.3 Å². The number of ether oxygens (including phenoxy) is 2. The Kier molecular flexibility index (Phi) is 7.32. The molecule has 0 bridgehead atoms. The van der Waals surface area contributed by atoms with Crippen molar-refractivity contribution in [3.8, 4) is 11.5 Å². The van der Waals surface area contributed by atoms with Crippen molar-refractivity contribution < 1.29 is 14.3 Å². The highest BCUT2D eigenvalue weighted by Crippen LogP contribution is 2.34. The number of hydrazone groups is 1. The maximum absolute atomic E-state index is 10.7. The van der Waals surface area contributed by atoms with Crippen molar-refractivity contribution in [2.45, 2.75) is 13.5 Å². The van der Waals surface area contributed by atoms with Crippen molar-refractivity contribution in [1.29, 1.82) is 0 Å². The number of amides is 2. The van der Waals surface area contributed by atoms with Gasteiger partial charge in [0.2, 0.25) is 0 Å². The second-order valence-electron chi connectivity index (χ2n) is 4.91. The first-order chi connectivity index (χ1) is 12.0. The van der Waals surface area contributed by atoms with Crippen LogP contribution in [0.25, 0.3) is 0 Å². The Balaban J connectivity index is 2.19. The summed E-state index contributed by atoms with van der Waals surface area (Å²) in [5, 5.41) is 4.44. The Morgan fingerprint density at radius 1 is 1.32 bits per heavy atom. The summed E-state index contributed by atoms with van der Waals surface area (Å²) in [7, 11) is 0. The van der Waals surface area contributed by atoms with Gasteiger partial charge in [-0.2, -0.15) is 5.10 Å². The van der Waals surface area contributed by atoms with Crippen LogP contribution < -0.4 is 20.6 Å². The predicted octanol–water partition coefficient (Wildman–Crippen LogP) is 3.92. The van der Waals surface area contributed by atoms with Crippen LogP contribution in [-0.2, 0) is 6.61 Å². The van der Waals surface area contributed by atoms with Crippen LogP contribution in [0, 0.1) is 3.57 Å². The molecule has 0 aliphatic rings. The highest BCUT2D eigenvalue weighted by molar-refractivity contribution is 14.1. The molecule has 0 aromatic heterocycles. The molecule has 0 spiro atoms. The highest BCUT2D eigenvalue weighted by Gasteiger charge is 2.12. The standard InChI is InChI=1S/C17H17ClIN3O3/c1-2-24-15-8-12(9-21-22-17(20)23)7-14(19)16(15)25-10-11-3-5-13(18)6-4-11/h3-9H,2,10H2,1H3,(H3,20,22,23)/b21-9-. The van der Waals surface area contributed by atoms with E-state index in [1.54, 1.807) is 6.07 Å². The summed E-state index contributed by atoms with van der Waals surface area (Å²) in [6, 6.07) is 10.4. The first-order valence-electron chi connectivity index (χ1n) is 7.41. The van der Waals surface area contributed by atoms with Gasteiger partial charge < -0.3 is 15.2 Å². The molecule has 6 nitrogen and oxygen atoms in total. The van der Waals surface area contributed by atoms with Crippen molar-refractivity contribution >= 4 is 46.4 Å². The van der Waals surface area contributed by atoms with E-state index in [0.29, 0.717) is 29.7 Å². The van der Waals surface area contributed by atoms with E-state index in [0.717, 1.165) is 14.7 Å². The average molecular weight is 474 g/mol. The van der Waals surface area contributed by atoms with Crippen LogP contribution in [0.5, 0.6) is 11.5 Å². The van der Waals surface area contributed by atoms with Gasteiger partial charge in [0.25, 0.3) is 0 Å². The fourth-order valence-corrected chi connectivity index (χ4v) is 2.88. The molecule has 0 aliphatic carbocycles. The van der Waals surface area contributed by atoms with Crippen LogP contribution in [0.2, 0.25) is 5.02 Å². The number of nitrogens with zero attached hydrogens (tertiary/aromatic N) is 1. The second kappa shape index (κ2) is 9.47. The Labute approximate surface area is 164 Å². The number of benzene rings is 2. The summed E-state index contributed by atoms with van der Waals surface area (Å²) in [4.78, 5) is 10.7. The highest BCUT2D eigenvalue weighted by atomic mass is 127. The minimum Gasteiger partial charge on any atom is -0.490 e. The fraction of sp³-hybridized carbons (Fsp3) is 0.176. The van der Waals surface area contributed by atoms with E-state index in [4.69, 9.17) is 26.8 Å². The molecule has 2 aromatic rings. The third-order valence-electron chi connectivity index (χ3n) is 3.02. The first kappa shape index (κ1) is 19.3. The summed E-state index contributed by atoms with van der Waals surface area (Å²) in [6.07, 6.45) is 1.48. The Hall–Kier alpha value is -2.00. The third kappa shape index (κ3) is 6.09. The number of nitrogens with two attached hydrogens (primary N) is 1. The molecule has 0 saturated heterocycles. The molecule has 3 N–H and O–H groups in total. The Morgan fingerprint density at radius 2 is 2.04 bits per heavy atom. The van der Waals surface area contributed by atoms with E-state index in [2.05, 4.69) is 33.1 Å². The maximum atomic E-state index is 10.7. The van der Waals surface area contributed by atoms with Gasteiger partial charge in [0.1, 0.15) is 6.61 Å². The molecular formula is C17H17ClIN3O3. The van der Waals surface area contributed by atoms with Crippen LogP contribution in [0.1, 0.15) is 18.1 Å². The quantitative estimate of drug-likeness (QED) is 0.363. The lowest BCUT2D eigenvalue weighted by molar-refractivity contribution is 0.249. The monoisotopic (exact) mass is 473 g/mol. The van der Waals surface area contributed by atoms with Gasteiger partial charge in [-0.1, -0.05) is 23.7 Å². The number of nitrogens with one attached hydrogen (secondary N) is 1. The van der Waals surface area contributed by atoms with Crippen LogP contribution >= 0.6 is 34.2 Å². The van der Waals surface area contributed by atoms with Gasteiger partial charge in [0.05, 0.1) is 16.4 Å². The van der Waals surface area contributed by atoms with Gasteiger partial charge in [-0.05, 0) is 64.9 Å². The SMILES string of the molecule is CCOc1cc(/C=N\NC(N)=O)cc(I)c1OCc1ccc(Cl)cc1. The topological polar surface area (TPSA) is 85.9 Å². The van der Waals surface area contributed by atoms with E-state index >= 15 is 0 Å². The molecule has 25 heavy (non-hydrogen) atoms. The normalized spacial score (nSPS) is 10.7. The van der Waals surface area contributed by atoms with Gasteiger partial charge in [0.15, 0.2) is 11.5 Å². The molecule has 2 aromatic carbocycles. The number of rotatable bonds is 7. The van der Waals surface area contributed by atoms with E-state index in [-0.39, 0.29) is 0 Å². The maximum Gasteiger partial charge on any atom is 0.332 e. The zero-order valence-electron chi connectivity index (χ0n) is 13.5. The molecule has 0 saturated carbocycles. The van der Waals surface area contributed by atoms with E-state index < -0.39 is 6.03 Å². The molecule has 132 valence electrons. The van der Waals surface area contributed by atoms with Crippen molar-refractivity contribution in [3.05, 3.63) is 56.1 Å². The molecule has 0 radical (unpaired) electrons. The molecule has 8 heteroatoms. The molecule has 0 aliphatic heterocycles. The summed E-state index contributed by atoms with van der Waals surface area (Å²) in [5.41, 5.74) is 8.88. The van der Waals surface area contributed by atoms with E-state index in [9.17, 15) is 4.79 Å². The smallest absolute Gasteiger partial charge is 0.332 e. The lowest BCUT2D eigenvalue weighted by Gasteiger charge is -2.14. The summed E-state index contributed by atoms with van der Waals surface area (Å²) in [5.74, 6) is 1.25. The van der Waals surface area contributed by atoms with Gasteiger partial charge in [0, 0.05) is 5.02 Å². The zero-order valence-corrected chi connectivity index (χ0v) is 16.4. The predicted molar refractivity (Wildman–Crippen MR) is 106 cm³/mol. The fourth-order valence-electron chi connectivity index (χ4n) is 1.97. The molecule has 0 heterocycles. The van der Waals surface area contributed by atoms with E-state index in [1.165, 1.54) is 6.21 Å². The Morgan fingerprint density at radius 3 is 2.68 bits per heavy atom. The number of hydrogen-bond donors (Lipinski definition) is 2. The molecule has 0 fully saturated rings. The van der Waals surface area contributed by atoms with Crippen molar-refractivity contribution in [3.63, 3.8) is 0 Å². The average Bonchev–Trinajstić information content (AvgIpc) is 2.55. The molecule has 2 rings (SSSR count). The van der Waals surface area contributed by atoms with Crippen LogP contribution in [0.15, 0.2) is 41.5 Å². The van der Waals surface area contributed by atoms with Gasteiger partial charge in [-0.3, -0.25) is 0 Å². The first-order valence-corrected chi connectivity index (χ1v) is 8.87. The van der Waals surface area contributed by atoms with Crippen LogP contribution in [-0.4, -0.2) is 18.9 Å². The second-order valence-corrected chi connectivity index (χ2v) is 6.51. The number of primary amides is 1. The van der Waals surface area contributed by atoms with Crippen molar-refractivity contribution in [2.24, 2.45) is 10.8 Å². The largest absolute Gasteiger partial charge is 0.490 e. The number of carbonyl (C=O) groups is 1. The number of hydrogen-bond acceptors (Lipinski definition) is 4. The number of halogens is 2. The summed E-state index contributed by atoms with van der Waals surface area (Å²) in [6.45, 7) is 2.78. The van der Waals surface area contributed by atoms with Crippen molar-refractivity contribution in [2.75, 3.05) is 6.61 Å². The minimum absolute atomic E-state index is 0.393. The van der Waals surface area contributed by atoms with Crippen LogP contribution in [0.4, 0.5) is 4.79 Å². The Bertz CT molecular complexity index is 766. The zero-order chi connectivity index (χ0) is 18.2. The third-order valence-corrected chi connectivity index (χ3v) is 4.07. The van der Waals surface area contributed by atoms with Crippen molar-refractivity contribution in [1.82, 2.24) is 5.43 Å². The molecular weight excluding hydrogens is 457 g/mol. The van der Waals surface area contributed by atoms with Gasteiger partial charge in [-0.15, -0.1) is 0 Å². The summed E-state index contributed by atoms with van der Waals surface area (Å²) < 4.78 is 12.5. The molecule has 0 atom stereocenters. The van der Waals surface area contributed by atoms with Gasteiger partial charge in [-0.25, -0.2) is 10.2 Å². The number of urea groups is 1. The molecule has 0 unspecified atom stereocenters. The lowest BCUT2D eigenvalue weighted by atomic mass is 10.2. The van der Waals surface area contributed by atoms with Gasteiger partial charge >= 0.3 is 6.03 Å². The lowest BCUT2D eigenvalue weighted by Crippen LogP contribution is -2.24.